The van der Waals surface area contributed by atoms with Crippen LogP contribution in [0.15, 0.2) is 12.1 Å². The zero-order chi connectivity index (χ0) is 11.9. The second-order valence-electron chi connectivity index (χ2n) is 3.90. The molecule has 1 saturated carbocycles. The van der Waals surface area contributed by atoms with Crippen molar-refractivity contribution in [1.82, 2.24) is 0 Å². The molecule has 2 rings (SSSR count). The first-order chi connectivity index (χ1) is 7.51. The second-order valence-corrected chi connectivity index (χ2v) is 3.90. The first kappa shape index (κ1) is 10.7. The summed E-state index contributed by atoms with van der Waals surface area (Å²) in [5.74, 6) is -2.46. The maximum absolute atomic E-state index is 13.3. The summed E-state index contributed by atoms with van der Waals surface area (Å²) in [5, 5.41) is 18.4. The van der Waals surface area contributed by atoms with Gasteiger partial charge in [0.25, 0.3) is 0 Å². The van der Waals surface area contributed by atoms with Crippen LogP contribution in [0.2, 0.25) is 0 Å². The van der Waals surface area contributed by atoms with Gasteiger partial charge in [0, 0.05) is 0 Å². The number of halogens is 1. The number of benzene rings is 1. The smallest absolute Gasteiger partial charge is 0.314 e. The Kier molecular flexibility index (Phi) is 2.26. The van der Waals surface area contributed by atoms with E-state index in [1.54, 1.807) is 0 Å². The Bertz CT molecular complexity index is 452. The minimum atomic E-state index is -0.998. The van der Waals surface area contributed by atoms with Gasteiger partial charge in [-0.1, -0.05) is 0 Å². The Morgan fingerprint density at radius 2 is 2.12 bits per heavy atom. The van der Waals surface area contributed by atoms with Crippen LogP contribution in [0, 0.1) is 5.82 Å². The number of carboxylic acid groups (broad SMARTS) is 1. The fraction of sp³-hybridized carbons (Fsp3) is 0.364. The molecular formula is C11H11FO4. The van der Waals surface area contributed by atoms with Crippen LogP contribution in [0.4, 0.5) is 4.39 Å². The normalized spacial score (nSPS) is 16.9. The maximum atomic E-state index is 13.3. The van der Waals surface area contributed by atoms with Gasteiger partial charge in [-0.05, 0) is 30.5 Å². The van der Waals surface area contributed by atoms with Gasteiger partial charge in [0.15, 0.2) is 17.3 Å². The van der Waals surface area contributed by atoms with Crippen molar-refractivity contribution in [1.29, 1.82) is 0 Å². The van der Waals surface area contributed by atoms with Crippen LogP contribution in [-0.2, 0) is 10.2 Å². The zero-order valence-electron chi connectivity index (χ0n) is 8.66. The first-order valence-electron chi connectivity index (χ1n) is 4.81. The highest BCUT2D eigenvalue weighted by Gasteiger charge is 2.52. The minimum absolute atomic E-state index is 0.0393. The molecular weight excluding hydrogens is 215 g/mol. The summed E-state index contributed by atoms with van der Waals surface area (Å²) in [5.41, 5.74) is -0.658. The fourth-order valence-electron chi connectivity index (χ4n) is 1.76. The lowest BCUT2D eigenvalue weighted by molar-refractivity contribution is -0.140. The highest BCUT2D eigenvalue weighted by molar-refractivity contribution is 5.85. The van der Waals surface area contributed by atoms with Crippen LogP contribution >= 0.6 is 0 Å². The molecule has 0 unspecified atom stereocenters. The second kappa shape index (κ2) is 3.37. The molecule has 0 aliphatic heterocycles. The number of methoxy groups -OCH3 is 1. The van der Waals surface area contributed by atoms with Gasteiger partial charge in [0.1, 0.15) is 0 Å². The molecule has 1 aliphatic rings. The SMILES string of the molecule is COc1cc(C2(C(=O)O)CC2)cc(F)c1O. The van der Waals surface area contributed by atoms with E-state index in [0.717, 1.165) is 6.07 Å². The van der Waals surface area contributed by atoms with Crippen molar-refractivity contribution in [2.45, 2.75) is 18.3 Å². The lowest BCUT2D eigenvalue weighted by Crippen LogP contribution is -2.19. The lowest BCUT2D eigenvalue weighted by Gasteiger charge is -2.13. The van der Waals surface area contributed by atoms with Crippen LogP contribution in [0.1, 0.15) is 18.4 Å². The van der Waals surface area contributed by atoms with E-state index in [9.17, 15) is 14.3 Å². The average Bonchev–Trinajstić information content (AvgIpc) is 3.02. The van der Waals surface area contributed by atoms with Crippen LogP contribution < -0.4 is 4.74 Å². The highest BCUT2D eigenvalue weighted by atomic mass is 19.1. The molecule has 0 atom stereocenters. The summed E-state index contributed by atoms with van der Waals surface area (Å²) < 4.78 is 18.1. The van der Waals surface area contributed by atoms with Gasteiger partial charge in [0.2, 0.25) is 0 Å². The number of carboxylic acids is 1. The van der Waals surface area contributed by atoms with Gasteiger partial charge >= 0.3 is 5.97 Å². The van der Waals surface area contributed by atoms with E-state index >= 15 is 0 Å². The number of ether oxygens (including phenoxy) is 1. The van der Waals surface area contributed by atoms with Crippen molar-refractivity contribution in [2.24, 2.45) is 0 Å². The van der Waals surface area contributed by atoms with E-state index < -0.39 is 23.0 Å². The third kappa shape index (κ3) is 1.39. The van der Waals surface area contributed by atoms with E-state index in [-0.39, 0.29) is 5.75 Å². The Labute approximate surface area is 91.3 Å². The highest BCUT2D eigenvalue weighted by Crippen LogP contribution is 2.50. The number of aliphatic carboxylic acids is 1. The van der Waals surface area contributed by atoms with Crippen LogP contribution in [0.3, 0.4) is 0 Å². The van der Waals surface area contributed by atoms with Crippen molar-refractivity contribution in [3.8, 4) is 11.5 Å². The molecule has 2 N–H and O–H groups in total. The van der Waals surface area contributed by atoms with E-state index in [1.165, 1.54) is 13.2 Å². The van der Waals surface area contributed by atoms with Gasteiger partial charge in [0.05, 0.1) is 12.5 Å². The molecule has 1 aromatic carbocycles. The Morgan fingerprint density at radius 3 is 2.56 bits per heavy atom. The van der Waals surface area contributed by atoms with Gasteiger partial charge in [-0.15, -0.1) is 0 Å². The molecule has 5 heteroatoms. The molecule has 0 bridgehead atoms. The zero-order valence-corrected chi connectivity index (χ0v) is 8.66. The number of hydrogen-bond acceptors (Lipinski definition) is 3. The van der Waals surface area contributed by atoms with E-state index in [1.807, 2.05) is 0 Å². The minimum Gasteiger partial charge on any atom is -0.502 e. The summed E-state index contributed by atoms with van der Waals surface area (Å²) >= 11 is 0. The third-order valence-corrected chi connectivity index (χ3v) is 2.96. The molecule has 0 heterocycles. The number of aromatic hydroxyl groups is 1. The van der Waals surface area contributed by atoms with Gasteiger partial charge < -0.3 is 14.9 Å². The standard InChI is InChI=1S/C11H11FO4/c1-16-8-5-6(4-7(12)9(8)13)11(2-3-11)10(14)15/h4-5,13H,2-3H2,1H3,(H,14,15). The van der Waals surface area contributed by atoms with Crippen molar-refractivity contribution in [2.75, 3.05) is 7.11 Å². The van der Waals surface area contributed by atoms with E-state index in [2.05, 4.69) is 0 Å². The molecule has 1 aliphatic carbocycles. The largest absolute Gasteiger partial charge is 0.502 e. The Morgan fingerprint density at radius 1 is 1.50 bits per heavy atom. The predicted octanol–water partition coefficient (Wildman–Crippen LogP) is 1.66. The topological polar surface area (TPSA) is 66.8 Å². The summed E-state index contributed by atoms with van der Waals surface area (Å²) in [4.78, 5) is 11.1. The first-order valence-corrected chi connectivity index (χ1v) is 4.81. The number of carbonyl (C=O) groups is 1. The van der Waals surface area contributed by atoms with Crippen molar-refractivity contribution in [3.05, 3.63) is 23.5 Å². The van der Waals surface area contributed by atoms with Crippen LogP contribution in [0.5, 0.6) is 11.5 Å². The van der Waals surface area contributed by atoms with Crippen molar-refractivity contribution < 1.29 is 24.1 Å². The molecule has 1 aromatic rings. The summed E-state index contributed by atoms with van der Waals surface area (Å²) in [7, 11) is 1.29. The molecule has 0 amide bonds. The van der Waals surface area contributed by atoms with Crippen LogP contribution in [-0.4, -0.2) is 23.3 Å². The predicted molar refractivity (Wildman–Crippen MR) is 53.2 cm³/mol. The van der Waals surface area contributed by atoms with E-state index in [4.69, 9.17) is 9.84 Å². The summed E-state index contributed by atoms with van der Waals surface area (Å²) in [6.45, 7) is 0. The van der Waals surface area contributed by atoms with Gasteiger partial charge in [-0.25, -0.2) is 4.39 Å². The third-order valence-electron chi connectivity index (χ3n) is 2.96. The number of phenolic OH excluding ortho intramolecular Hbond substituents is 1. The molecule has 16 heavy (non-hydrogen) atoms. The van der Waals surface area contributed by atoms with Crippen molar-refractivity contribution >= 4 is 5.97 Å². The number of phenols is 1. The molecule has 86 valence electrons. The molecule has 1 fully saturated rings. The Balaban J connectivity index is 2.51. The molecule has 0 spiro atoms. The molecule has 0 saturated heterocycles. The molecule has 0 radical (unpaired) electrons. The number of hydrogen-bond donors (Lipinski definition) is 2. The maximum Gasteiger partial charge on any atom is 0.314 e. The monoisotopic (exact) mass is 226 g/mol. The molecule has 0 aromatic heterocycles. The molecule has 4 nitrogen and oxygen atoms in total. The van der Waals surface area contributed by atoms with E-state index in [0.29, 0.717) is 18.4 Å². The quantitative estimate of drug-likeness (QED) is 0.822. The fourth-order valence-corrected chi connectivity index (χ4v) is 1.76. The average molecular weight is 226 g/mol. The van der Waals surface area contributed by atoms with Crippen molar-refractivity contribution in [3.63, 3.8) is 0 Å². The lowest BCUT2D eigenvalue weighted by atomic mass is 9.95. The summed E-state index contributed by atoms with van der Waals surface area (Å²) in [6, 6.07) is 2.43. The van der Waals surface area contributed by atoms with Crippen LogP contribution in [0.25, 0.3) is 0 Å². The Hall–Kier alpha value is -1.78. The number of rotatable bonds is 3. The van der Waals surface area contributed by atoms with Gasteiger partial charge in [-0.3, -0.25) is 4.79 Å². The summed E-state index contributed by atoms with van der Waals surface area (Å²) in [6.07, 6.45) is 0.964. The van der Waals surface area contributed by atoms with Gasteiger partial charge in [-0.2, -0.15) is 0 Å².